The number of halogens is 1. The number of carbonyl (C=O) groups excluding carboxylic acids is 1. The van der Waals surface area contributed by atoms with Crippen LogP contribution in [0.5, 0.6) is 5.75 Å². The molecule has 0 aliphatic carbocycles. The highest BCUT2D eigenvalue weighted by Crippen LogP contribution is 2.28. The summed E-state index contributed by atoms with van der Waals surface area (Å²) in [6.45, 7) is 0.330. The average molecular weight is 408 g/mol. The SMILES string of the molecule is CS(=O)(=O)c1ccc2nc(NC(=O)CCCOc3ccc(F)cc3)sc2c1. The van der Waals surface area contributed by atoms with Crippen LogP contribution in [0.15, 0.2) is 47.4 Å². The predicted molar refractivity (Wildman–Crippen MR) is 102 cm³/mol. The fraction of sp³-hybridized carbons (Fsp3) is 0.222. The molecule has 0 unspecified atom stereocenters. The minimum atomic E-state index is -3.29. The molecule has 2 aromatic carbocycles. The molecule has 0 saturated carbocycles. The fourth-order valence-electron chi connectivity index (χ4n) is 2.32. The lowest BCUT2D eigenvalue weighted by atomic mass is 10.3. The highest BCUT2D eigenvalue weighted by molar-refractivity contribution is 7.90. The third-order valence-electron chi connectivity index (χ3n) is 3.66. The smallest absolute Gasteiger partial charge is 0.226 e. The van der Waals surface area contributed by atoms with Gasteiger partial charge in [-0.2, -0.15) is 0 Å². The van der Waals surface area contributed by atoms with Crippen LogP contribution in [-0.4, -0.2) is 32.2 Å². The lowest BCUT2D eigenvalue weighted by Crippen LogP contribution is -2.12. The van der Waals surface area contributed by atoms with Gasteiger partial charge in [0.05, 0.1) is 21.7 Å². The molecule has 0 bridgehead atoms. The van der Waals surface area contributed by atoms with Gasteiger partial charge >= 0.3 is 0 Å². The van der Waals surface area contributed by atoms with Crippen LogP contribution in [0.4, 0.5) is 9.52 Å². The summed E-state index contributed by atoms with van der Waals surface area (Å²) in [4.78, 5) is 16.5. The first kappa shape index (κ1) is 19.2. The first-order valence-corrected chi connectivity index (χ1v) is 10.8. The number of sulfone groups is 1. The van der Waals surface area contributed by atoms with E-state index in [1.807, 2.05) is 0 Å². The van der Waals surface area contributed by atoms with Crippen molar-refractivity contribution in [2.45, 2.75) is 17.7 Å². The first-order chi connectivity index (χ1) is 12.8. The molecule has 27 heavy (non-hydrogen) atoms. The van der Waals surface area contributed by atoms with Crippen molar-refractivity contribution < 1.29 is 22.3 Å². The van der Waals surface area contributed by atoms with E-state index >= 15 is 0 Å². The lowest BCUT2D eigenvalue weighted by molar-refractivity contribution is -0.116. The standard InChI is InChI=1S/C18H17FN2O4S2/c1-27(23,24)14-8-9-15-16(11-14)26-18(20-15)21-17(22)3-2-10-25-13-6-4-12(19)5-7-13/h4-9,11H,2-3,10H2,1H3,(H,20,21,22). The molecule has 3 rings (SSSR count). The van der Waals surface area contributed by atoms with Crippen molar-refractivity contribution in [1.82, 2.24) is 4.98 Å². The number of rotatable bonds is 7. The Morgan fingerprint density at radius 2 is 1.96 bits per heavy atom. The van der Waals surface area contributed by atoms with Crippen LogP contribution in [0.3, 0.4) is 0 Å². The molecule has 0 radical (unpaired) electrons. The third-order valence-corrected chi connectivity index (χ3v) is 5.71. The van der Waals surface area contributed by atoms with Crippen LogP contribution in [0.1, 0.15) is 12.8 Å². The van der Waals surface area contributed by atoms with Crippen LogP contribution >= 0.6 is 11.3 Å². The molecular formula is C18H17FN2O4S2. The topological polar surface area (TPSA) is 85.4 Å². The highest BCUT2D eigenvalue weighted by Gasteiger charge is 2.12. The molecule has 9 heteroatoms. The second kappa shape index (κ2) is 8.01. The van der Waals surface area contributed by atoms with Gasteiger partial charge in [-0.3, -0.25) is 4.79 Å². The Balaban J connectivity index is 1.52. The van der Waals surface area contributed by atoms with E-state index < -0.39 is 9.84 Å². The number of carbonyl (C=O) groups is 1. The van der Waals surface area contributed by atoms with E-state index in [0.29, 0.717) is 34.1 Å². The second-order valence-corrected chi connectivity index (χ2v) is 8.92. The summed E-state index contributed by atoms with van der Waals surface area (Å²) in [6.07, 6.45) is 1.88. The van der Waals surface area contributed by atoms with Crippen LogP contribution in [-0.2, 0) is 14.6 Å². The number of thiazole rings is 1. The Hall–Kier alpha value is -2.52. The van der Waals surface area contributed by atoms with Gasteiger partial charge in [0.1, 0.15) is 11.6 Å². The number of benzene rings is 2. The van der Waals surface area contributed by atoms with E-state index in [0.717, 1.165) is 6.26 Å². The lowest BCUT2D eigenvalue weighted by Gasteiger charge is -2.05. The Bertz CT molecular complexity index is 1060. The van der Waals surface area contributed by atoms with Crippen molar-refractivity contribution in [2.75, 3.05) is 18.2 Å². The van der Waals surface area contributed by atoms with Gasteiger partial charge in [-0.1, -0.05) is 11.3 Å². The normalized spacial score (nSPS) is 11.5. The van der Waals surface area contributed by atoms with Crippen LogP contribution in [0.2, 0.25) is 0 Å². The molecule has 0 aliphatic rings. The summed E-state index contributed by atoms with van der Waals surface area (Å²) in [5.74, 6) is 0.00554. The second-order valence-electron chi connectivity index (χ2n) is 5.87. The molecule has 0 fully saturated rings. The molecule has 0 atom stereocenters. The van der Waals surface area contributed by atoms with Gasteiger partial charge in [-0.15, -0.1) is 0 Å². The van der Waals surface area contributed by atoms with Gasteiger partial charge in [0.2, 0.25) is 5.91 Å². The maximum absolute atomic E-state index is 12.8. The maximum Gasteiger partial charge on any atom is 0.226 e. The Morgan fingerprint density at radius 3 is 2.67 bits per heavy atom. The number of hydrogen-bond acceptors (Lipinski definition) is 6. The van der Waals surface area contributed by atoms with Gasteiger partial charge in [-0.25, -0.2) is 17.8 Å². The Kier molecular flexibility index (Phi) is 5.71. The summed E-state index contributed by atoms with van der Waals surface area (Å²) in [7, 11) is -3.29. The summed E-state index contributed by atoms with van der Waals surface area (Å²) < 4.78 is 42.1. The number of ether oxygens (including phenoxy) is 1. The summed E-state index contributed by atoms with van der Waals surface area (Å²) in [5, 5.41) is 3.13. The number of anilines is 1. The molecule has 142 valence electrons. The highest BCUT2D eigenvalue weighted by atomic mass is 32.2. The van der Waals surface area contributed by atoms with Gasteiger partial charge in [-0.05, 0) is 48.9 Å². The average Bonchev–Trinajstić information content (AvgIpc) is 3.00. The van der Waals surface area contributed by atoms with Gasteiger partial charge in [0, 0.05) is 12.7 Å². The minimum Gasteiger partial charge on any atom is -0.494 e. The zero-order valence-corrected chi connectivity index (χ0v) is 16.1. The van der Waals surface area contributed by atoms with Crippen molar-refractivity contribution in [3.63, 3.8) is 0 Å². The van der Waals surface area contributed by atoms with E-state index in [2.05, 4.69) is 10.3 Å². The number of amides is 1. The molecule has 1 amide bonds. The molecule has 0 aliphatic heterocycles. The van der Waals surface area contributed by atoms with Gasteiger partial charge in [0.25, 0.3) is 0 Å². The summed E-state index contributed by atoms with van der Waals surface area (Å²) in [6, 6.07) is 10.3. The molecule has 1 N–H and O–H groups in total. The number of hydrogen-bond donors (Lipinski definition) is 1. The zero-order chi connectivity index (χ0) is 19.4. The molecule has 6 nitrogen and oxygen atoms in total. The molecule has 0 spiro atoms. The zero-order valence-electron chi connectivity index (χ0n) is 14.4. The number of aromatic nitrogens is 1. The van der Waals surface area contributed by atoms with Crippen LogP contribution in [0, 0.1) is 5.82 Å². The Morgan fingerprint density at radius 1 is 1.22 bits per heavy atom. The number of nitrogens with one attached hydrogen (secondary N) is 1. The molecular weight excluding hydrogens is 391 g/mol. The van der Waals surface area contributed by atoms with Crippen molar-refractivity contribution in [1.29, 1.82) is 0 Å². The molecule has 3 aromatic rings. The first-order valence-electron chi connectivity index (χ1n) is 8.10. The molecule has 1 aromatic heterocycles. The van der Waals surface area contributed by atoms with Crippen LogP contribution in [0.25, 0.3) is 10.2 Å². The summed E-state index contributed by atoms with van der Waals surface area (Å²) in [5.41, 5.74) is 0.627. The maximum atomic E-state index is 12.8. The third kappa shape index (κ3) is 5.24. The summed E-state index contributed by atoms with van der Waals surface area (Å²) >= 11 is 1.22. The van der Waals surface area contributed by atoms with E-state index in [-0.39, 0.29) is 23.0 Å². The number of nitrogens with zero attached hydrogens (tertiary/aromatic N) is 1. The Labute approximate surface area is 159 Å². The predicted octanol–water partition coefficient (Wildman–Crippen LogP) is 3.64. The van der Waals surface area contributed by atoms with Crippen molar-refractivity contribution in [2.24, 2.45) is 0 Å². The van der Waals surface area contributed by atoms with Gasteiger partial charge < -0.3 is 10.1 Å². The van der Waals surface area contributed by atoms with Crippen molar-refractivity contribution in [3.8, 4) is 5.75 Å². The largest absolute Gasteiger partial charge is 0.494 e. The van der Waals surface area contributed by atoms with Gasteiger partial charge in [0.15, 0.2) is 15.0 Å². The molecule has 1 heterocycles. The van der Waals surface area contributed by atoms with E-state index in [4.69, 9.17) is 4.74 Å². The monoisotopic (exact) mass is 408 g/mol. The van der Waals surface area contributed by atoms with Crippen molar-refractivity contribution in [3.05, 3.63) is 48.3 Å². The number of fused-ring (bicyclic) bond motifs is 1. The van der Waals surface area contributed by atoms with E-state index in [1.165, 1.54) is 41.7 Å². The minimum absolute atomic E-state index is 0.208. The quantitative estimate of drug-likeness (QED) is 0.604. The molecule has 0 saturated heterocycles. The fourth-order valence-corrected chi connectivity index (χ4v) is 3.97. The van der Waals surface area contributed by atoms with E-state index in [1.54, 1.807) is 12.1 Å². The van der Waals surface area contributed by atoms with Crippen molar-refractivity contribution >= 4 is 42.4 Å². The van der Waals surface area contributed by atoms with E-state index in [9.17, 15) is 17.6 Å². The van der Waals surface area contributed by atoms with Crippen LogP contribution < -0.4 is 10.1 Å².